The zero-order valence-corrected chi connectivity index (χ0v) is 15.2. The van der Waals surface area contributed by atoms with Crippen molar-refractivity contribution in [3.8, 4) is 11.4 Å². The third-order valence-corrected chi connectivity index (χ3v) is 4.22. The second-order valence-electron chi connectivity index (χ2n) is 5.36. The molecular weight excluding hydrogens is 431 g/mol. The summed E-state index contributed by atoms with van der Waals surface area (Å²) in [6.07, 6.45) is -4.77. The summed E-state index contributed by atoms with van der Waals surface area (Å²) in [4.78, 5) is 13.2. The van der Waals surface area contributed by atoms with Crippen LogP contribution in [0.1, 0.15) is 16.2 Å². The van der Waals surface area contributed by atoms with Crippen molar-refractivity contribution < 1.29 is 22.7 Å². The van der Waals surface area contributed by atoms with Crippen LogP contribution in [0, 0.1) is 6.92 Å². The molecule has 0 unspecified atom stereocenters. The number of nitrogens with zero attached hydrogens (tertiary/aromatic N) is 4. The van der Waals surface area contributed by atoms with Gasteiger partial charge in [-0.2, -0.15) is 0 Å². The van der Waals surface area contributed by atoms with Gasteiger partial charge >= 0.3 is 6.36 Å². The summed E-state index contributed by atoms with van der Waals surface area (Å²) in [6, 6.07) is 10.1. The predicted molar refractivity (Wildman–Crippen MR) is 92.7 cm³/mol. The van der Waals surface area contributed by atoms with Gasteiger partial charge in [-0.25, -0.2) is 0 Å². The first-order valence-corrected chi connectivity index (χ1v) is 8.24. The van der Waals surface area contributed by atoms with Crippen LogP contribution in [-0.4, -0.2) is 32.5 Å². The Bertz CT molecular complexity index is 973. The molecule has 1 N–H and O–H groups in total. The number of tetrazole rings is 1. The van der Waals surface area contributed by atoms with E-state index in [0.717, 1.165) is 27.0 Å². The number of alkyl halides is 3. The van der Waals surface area contributed by atoms with Crippen molar-refractivity contribution in [2.24, 2.45) is 0 Å². The van der Waals surface area contributed by atoms with E-state index in [4.69, 9.17) is 0 Å². The Kier molecular flexibility index (Phi) is 5.13. The largest absolute Gasteiger partial charge is 0.573 e. The van der Waals surface area contributed by atoms with Crippen LogP contribution < -0.4 is 10.1 Å². The molecule has 0 radical (unpaired) electrons. The summed E-state index contributed by atoms with van der Waals surface area (Å²) < 4.78 is 41.2. The molecule has 0 aliphatic carbocycles. The smallest absolute Gasteiger partial charge is 0.406 e. The Balaban J connectivity index is 1.72. The number of aryl methyl sites for hydroxylation is 1. The van der Waals surface area contributed by atoms with E-state index in [9.17, 15) is 18.0 Å². The maximum Gasteiger partial charge on any atom is 0.573 e. The van der Waals surface area contributed by atoms with Gasteiger partial charge < -0.3 is 10.1 Å². The van der Waals surface area contributed by atoms with Crippen molar-refractivity contribution in [1.82, 2.24) is 20.2 Å². The predicted octanol–water partition coefficient (Wildman–Crippen LogP) is 3.88. The molecule has 27 heavy (non-hydrogen) atoms. The van der Waals surface area contributed by atoms with Crippen molar-refractivity contribution in [3.63, 3.8) is 0 Å². The summed E-state index contributed by atoms with van der Waals surface area (Å²) in [5, 5.41) is 14.0. The Morgan fingerprint density at radius 3 is 2.52 bits per heavy atom. The quantitative estimate of drug-likeness (QED) is 0.664. The lowest BCUT2D eigenvalue weighted by atomic mass is 10.2. The number of halogens is 4. The highest BCUT2D eigenvalue weighted by atomic mass is 79.9. The van der Waals surface area contributed by atoms with Crippen LogP contribution in [-0.2, 0) is 0 Å². The number of hydrogen-bond donors (Lipinski definition) is 1. The van der Waals surface area contributed by atoms with E-state index >= 15 is 0 Å². The van der Waals surface area contributed by atoms with E-state index in [1.807, 2.05) is 6.92 Å². The maximum atomic E-state index is 12.2. The standard InChI is InChI=1S/C16H11BrF3N5O2/c1-9-8-10(2-7-13(9)17)21-15(26)14-22-24-25(23-14)11-3-5-12(6-4-11)27-16(18,19)20/h2-8H,1H3,(H,21,26). The van der Waals surface area contributed by atoms with Crippen LogP contribution >= 0.6 is 15.9 Å². The molecule has 11 heteroatoms. The molecule has 3 rings (SSSR count). The average Bonchev–Trinajstić information content (AvgIpc) is 3.08. The van der Waals surface area contributed by atoms with Gasteiger partial charge in [0.15, 0.2) is 0 Å². The van der Waals surface area contributed by atoms with Gasteiger partial charge in [0.1, 0.15) is 5.75 Å². The van der Waals surface area contributed by atoms with Crippen molar-refractivity contribution >= 4 is 27.5 Å². The van der Waals surface area contributed by atoms with E-state index in [2.05, 4.69) is 41.4 Å². The fraction of sp³-hybridized carbons (Fsp3) is 0.125. The molecule has 140 valence electrons. The molecule has 0 bridgehead atoms. The number of ether oxygens (including phenoxy) is 1. The molecule has 1 aromatic heterocycles. The number of rotatable bonds is 4. The minimum Gasteiger partial charge on any atom is -0.406 e. The number of hydrogen-bond acceptors (Lipinski definition) is 5. The van der Waals surface area contributed by atoms with Gasteiger partial charge in [-0.15, -0.1) is 28.2 Å². The van der Waals surface area contributed by atoms with Crippen molar-refractivity contribution in [2.75, 3.05) is 5.32 Å². The lowest BCUT2D eigenvalue weighted by Crippen LogP contribution is -2.17. The molecule has 0 spiro atoms. The summed E-state index contributed by atoms with van der Waals surface area (Å²) in [5.74, 6) is -1.14. The van der Waals surface area contributed by atoms with E-state index in [0.29, 0.717) is 11.4 Å². The van der Waals surface area contributed by atoms with Crippen molar-refractivity contribution in [3.05, 3.63) is 58.3 Å². The molecule has 1 heterocycles. The minimum atomic E-state index is -4.77. The molecule has 7 nitrogen and oxygen atoms in total. The number of benzene rings is 2. The van der Waals surface area contributed by atoms with Crippen LogP contribution in [0.2, 0.25) is 0 Å². The van der Waals surface area contributed by atoms with Gasteiger partial charge in [-0.1, -0.05) is 15.9 Å². The molecule has 0 saturated carbocycles. The monoisotopic (exact) mass is 441 g/mol. The highest BCUT2D eigenvalue weighted by molar-refractivity contribution is 9.10. The fourth-order valence-corrected chi connectivity index (χ4v) is 2.35. The molecule has 0 saturated heterocycles. The average molecular weight is 442 g/mol. The number of aromatic nitrogens is 4. The number of nitrogens with one attached hydrogen (secondary N) is 1. The summed E-state index contributed by atoms with van der Waals surface area (Å²) in [7, 11) is 0. The summed E-state index contributed by atoms with van der Waals surface area (Å²) in [5.41, 5.74) is 1.81. The fourth-order valence-electron chi connectivity index (χ4n) is 2.11. The topological polar surface area (TPSA) is 81.9 Å². The van der Waals surface area contributed by atoms with E-state index in [1.54, 1.807) is 18.2 Å². The highest BCUT2D eigenvalue weighted by Gasteiger charge is 2.31. The zero-order chi connectivity index (χ0) is 19.6. The SMILES string of the molecule is Cc1cc(NC(=O)c2nnn(-c3ccc(OC(F)(F)F)cc3)n2)ccc1Br. The summed E-state index contributed by atoms with van der Waals surface area (Å²) >= 11 is 3.37. The van der Waals surface area contributed by atoms with Crippen LogP contribution in [0.25, 0.3) is 5.69 Å². The van der Waals surface area contributed by atoms with E-state index in [1.165, 1.54) is 12.1 Å². The molecule has 1 amide bonds. The summed E-state index contributed by atoms with van der Waals surface area (Å²) in [6.45, 7) is 1.88. The first kappa shape index (κ1) is 18.8. The normalized spacial score (nSPS) is 11.3. The van der Waals surface area contributed by atoms with Crippen molar-refractivity contribution in [2.45, 2.75) is 13.3 Å². The maximum absolute atomic E-state index is 12.2. The first-order valence-electron chi connectivity index (χ1n) is 7.45. The van der Waals surface area contributed by atoms with Crippen molar-refractivity contribution in [1.29, 1.82) is 0 Å². The molecule has 2 aromatic carbocycles. The van der Waals surface area contributed by atoms with Gasteiger partial charge in [-0.05, 0) is 60.2 Å². The molecule has 0 fully saturated rings. The second-order valence-corrected chi connectivity index (χ2v) is 6.22. The van der Waals surface area contributed by atoms with Gasteiger partial charge in [0.25, 0.3) is 11.7 Å². The van der Waals surface area contributed by atoms with E-state index in [-0.39, 0.29) is 11.6 Å². The number of carbonyl (C=O) groups is 1. The van der Waals surface area contributed by atoms with Crippen LogP contribution in [0.15, 0.2) is 46.9 Å². The van der Waals surface area contributed by atoms with Crippen LogP contribution in [0.4, 0.5) is 18.9 Å². The lowest BCUT2D eigenvalue weighted by Gasteiger charge is -2.08. The number of amides is 1. The highest BCUT2D eigenvalue weighted by Crippen LogP contribution is 2.23. The minimum absolute atomic E-state index is 0.189. The lowest BCUT2D eigenvalue weighted by molar-refractivity contribution is -0.274. The van der Waals surface area contributed by atoms with Gasteiger partial charge in [0, 0.05) is 10.2 Å². The van der Waals surface area contributed by atoms with Crippen LogP contribution in [0.3, 0.4) is 0 Å². The molecule has 3 aromatic rings. The molecule has 0 aliphatic heterocycles. The molecule has 0 aliphatic rings. The van der Waals surface area contributed by atoms with Crippen LogP contribution in [0.5, 0.6) is 5.75 Å². The second kappa shape index (κ2) is 7.35. The van der Waals surface area contributed by atoms with Gasteiger partial charge in [-0.3, -0.25) is 4.79 Å². The number of anilines is 1. The van der Waals surface area contributed by atoms with E-state index < -0.39 is 12.3 Å². The molecule has 0 atom stereocenters. The van der Waals surface area contributed by atoms with Gasteiger partial charge in [0.2, 0.25) is 0 Å². The Morgan fingerprint density at radius 2 is 1.89 bits per heavy atom. The number of carbonyl (C=O) groups excluding carboxylic acids is 1. The first-order chi connectivity index (χ1) is 12.7. The third kappa shape index (κ3) is 4.82. The zero-order valence-electron chi connectivity index (χ0n) is 13.7. The third-order valence-electron chi connectivity index (χ3n) is 3.33. The molecular formula is C16H11BrF3N5O2. The Morgan fingerprint density at radius 1 is 1.19 bits per heavy atom. The van der Waals surface area contributed by atoms with Gasteiger partial charge in [0.05, 0.1) is 5.69 Å². The Hall–Kier alpha value is -2.95. The Labute approximate surface area is 159 Å².